The van der Waals surface area contributed by atoms with Gasteiger partial charge in [0.15, 0.2) is 0 Å². The van der Waals surface area contributed by atoms with E-state index in [0.717, 1.165) is 12.2 Å². The summed E-state index contributed by atoms with van der Waals surface area (Å²) in [6.45, 7) is 4.59. The molecular formula is C29H29F3N6O3. The number of rotatable bonds is 7. The number of halogens is 3. The van der Waals surface area contributed by atoms with Crippen LogP contribution < -0.4 is 4.74 Å². The van der Waals surface area contributed by atoms with Crippen molar-refractivity contribution in [1.82, 2.24) is 19.4 Å². The van der Waals surface area contributed by atoms with Crippen LogP contribution in [0.3, 0.4) is 0 Å². The van der Waals surface area contributed by atoms with Gasteiger partial charge in [-0.15, -0.1) is 0 Å². The number of aliphatic imine (C=N–C) groups is 2. The molecule has 1 saturated carbocycles. The van der Waals surface area contributed by atoms with E-state index in [1.165, 1.54) is 6.07 Å². The van der Waals surface area contributed by atoms with Crippen molar-refractivity contribution >= 4 is 35.3 Å². The third kappa shape index (κ3) is 5.08. The molecule has 0 bridgehead atoms. The summed E-state index contributed by atoms with van der Waals surface area (Å²) >= 11 is 0. The zero-order valence-corrected chi connectivity index (χ0v) is 22.4. The predicted octanol–water partition coefficient (Wildman–Crippen LogP) is 4.60. The Labute approximate surface area is 234 Å². The van der Waals surface area contributed by atoms with Crippen LogP contribution in [0.1, 0.15) is 42.3 Å². The number of para-hydroxylation sites is 1. The highest BCUT2D eigenvalue weighted by Crippen LogP contribution is 2.63. The summed E-state index contributed by atoms with van der Waals surface area (Å²) in [5.74, 6) is 0.436. The number of allylic oxidation sites excluding steroid dienone is 1. The molecule has 1 aromatic heterocycles. The van der Waals surface area contributed by atoms with Crippen LogP contribution in [0.2, 0.25) is 0 Å². The van der Waals surface area contributed by atoms with Gasteiger partial charge in [0, 0.05) is 55.5 Å². The zero-order chi connectivity index (χ0) is 28.8. The highest BCUT2D eigenvalue weighted by molar-refractivity contribution is 5.86. The molecule has 1 aliphatic carbocycles. The van der Waals surface area contributed by atoms with Gasteiger partial charge in [-0.25, -0.2) is 19.4 Å². The quantitative estimate of drug-likeness (QED) is 0.332. The van der Waals surface area contributed by atoms with E-state index >= 15 is 4.39 Å². The Morgan fingerprint density at radius 3 is 2.71 bits per heavy atom. The van der Waals surface area contributed by atoms with Gasteiger partial charge in [-0.1, -0.05) is 18.2 Å². The van der Waals surface area contributed by atoms with E-state index in [1.54, 1.807) is 43.5 Å². The van der Waals surface area contributed by atoms with Crippen LogP contribution in [0.4, 0.5) is 13.2 Å². The fraction of sp³-hybridized carbons (Fsp3) is 0.379. The smallest absolute Gasteiger partial charge is 0.387 e. The second-order valence-electron chi connectivity index (χ2n) is 10.6. The van der Waals surface area contributed by atoms with Crippen molar-refractivity contribution in [2.24, 2.45) is 15.9 Å². The summed E-state index contributed by atoms with van der Waals surface area (Å²) in [7, 11) is 0. The first-order chi connectivity index (χ1) is 19.7. The second-order valence-corrected chi connectivity index (χ2v) is 10.6. The van der Waals surface area contributed by atoms with Crippen molar-refractivity contribution < 1.29 is 27.8 Å². The standard InChI is InChI=1S/C29H29F3N6O3/c1-16(14-34-29(33-2)37-9-7-36(8-10-37)15-25(39)40)18-12-23-22(13-21(18)30)35-27-20-11-19(20)26(38(23)27)17-5-3-4-6-24(17)41-28(31)32/h3-6,12-14,19-20,26,28H,2,7-11,15H2,1H3,(H,39,40)/b16-14+,34-29+/t19?,20-,26+/m1/s1. The summed E-state index contributed by atoms with van der Waals surface area (Å²) in [6.07, 6.45) is 2.43. The fourth-order valence-electron chi connectivity index (χ4n) is 6.08. The number of piperazine rings is 1. The summed E-state index contributed by atoms with van der Waals surface area (Å²) < 4.78 is 48.6. The molecule has 12 heteroatoms. The number of fused-ring (bicyclic) bond motifs is 5. The molecule has 2 aromatic carbocycles. The van der Waals surface area contributed by atoms with Gasteiger partial charge in [0.2, 0.25) is 5.96 Å². The average molecular weight is 567 g/mol. The van der Waals surface area contributed by atoms with E-state index in [9.17, 15) is 13.6 Å². The average Bonchev–Trinajstić information content (AvgIpc) is 3.54. The molecule has 2 aliphatic heterocycles. The molecular weight excluding hydrogens is 537 g/mol. The summed E-state index contributed by atoms with van der Waals surface area (Å²) in [6, 6.07) is 9.71. The first-order valence-corrected chi connectivity index (χ1v) is 13.4. The second kappa shape index (κ2) is 10.7. The van der Waals surface area contributed by atoms with Gasteiger partial charge in [-0.2, -0.15) is 8.78 Å². The fourth-order valence-corrected chi connectivity index (χ4v) is 6.08. The lowest BCUT2D eigenvalue weighted by Gasteiger charge is -2.34. The number of aromatic nitrogens is 2. The first-order valence-electron chi connectivity index (χ1n) is 13.4. The Morgan fingerprint density at radius 2 is 2.00 bits per heavy atom. The zero-order valence-electron chi connectivity index (χ0n) is 22.4. The third-order valence-electron chi connectivity index (χ3n) is 8.07. The molecule has 3 aromatic rings. The number of benzene rings is 2. The van der Waals surface area contributed by atoms with Crippen molar-refractivity contribution in [3.05, 3.63) is 65.4 Å². The molecule has 3 aliphatic rings. The highest BCUT2D eigenvalue weighted by atomic mass is 19.3. The van der Waals surface area contributed by atoms with E-state index in [1.807, 2.05) is 14.4 Å². The van der Waals surface area contributed by atoms with Crippen LogP contribution in [0.15, 0.2) is 52.6 Å². The molecule has 1 saturated heterocycles. The van der Waals surface area contributed by atoms with Crippen LogP contribution in [0, 0.1) is 11.7 Å². The van der Waals surface area contributed by atoms with Crippen LogP contribution in [0.5, 0.6) is 5.75 Å². The van der Waals surface area contributed by atoms with E-state index in [-0.39, 0.29) is 30.2 Å². The molecule has 41 heavy (non-hydrogen) atoms. The molecule has 1 N–H and O–H groups in total. The molecule has 0 radical (unpaired) electrons. The Bertz CT molecular complexity index is 1580. The van der Waals surface area contributed by atoms with E-state index in [0.29, 0.717) is 59.9 Å². The first kappa shape index (κ1) is 27.0. The summed E-state index contributed by atoms with van der Waals surface area (Å²) in [5, 5.41) is 9.01. The number of nitrogens with zero attached hydrogens (tertiary/aromatic N) is 6. The molecule has 2 fully saturated rings. The number of carbonyl (C=O) groups is 1. The number of carboxylic acid groups (broad SMARTS) is 1. The van der Waals surface area contributed by atoms with Crippen molar-refractivity contribution in [2.45, 2.75) is 31.9 Å². The maximum atomic E-state index is 15.3. The maximum absolute atomic E-state index is 15.3. The maximum Gasteiger partial charge on any atom is 0.387 e. The lowest BCUT2D eigenvalue weighted by Crippen LogP contribution is -2.49. The minimum Gasteiger partial charge on any atom is -0.480 e. The van der Waals surface area contributed by atoms with Gasteiger partial charge >= 0.3 is 12.6 Å². The van der Waals surface area contributed by atoms with Crippen molar-refractivity contribution in [2.75, 3.05) is 32.7 Å². The van der Waals surface area contributed by atoms with E-state index < -0.39 is 18.4 Å². The van der Waals surface area contributed by atoms with Crippen LogP contribution in [0.25, 0.3) is 16.6 Å². The van der Waals surface area contributed by atoms with Crippen molar-refractivity contribution in [3.63, 3.8) is 0 Å². The number of carboxylic acids is 1. The molecule has 0 amide bonds. The third-order valence-corrected chi connectivity index (χ3v) is 8.07. The van der Waals surface area contributed by atoms with Crippen LogP contribution in [-0.2, 0) is 4.79 Å². The number of ether oxygens (including phenoxy) is 1. The van der Waals surface area contributed by atoms with Gasteiger partial charge < -0.3 is 19.3 Å². The lowest BCUT2D eigenvalue weighted by atomic mass is 10.0. The Hall–Kier alpha value is -4.19. The molecule has 6 rings (SSSR count). The minimum atomic E-state index is -2.94. The SMILES string of the molecule is C=N/C(=N\C=C(/C)c1cc2c(cc1F)nc1n2[C@@H](c2ccccc2OC(F)F)C2C[C@@H]12)N1CCN(CC(=O)O)CC1. The number of hydrogen-bond acceptors (Lipinski definition) is 5. The van der Waals surface area contributed by atoms with Gasteiger partial charge in [-0.3, -0.25) is 9.69 Å². The van der Waals surface area contributed by atoms with E-state index in [2.05, 4.69) is 16.7 Å². The minimum absolute atomic E-state index is 0.0198. The highest BCUT2D eigenvalue weighted by Gasteiger charge is 2.55. The predicted molar refractivity (Wildman–Crippen MR) is 148 cm³/mol. The van der Waals surface area contributed by atoms with E-state index in [4.69, 9.17) is 14.8 Å². The largest absolute Gasteiger partial charge is 0.480 e. The topological polar surface area (TPSA) is 95.5 Å². The monoisotopic (exact) mass is 566 g/mol. The molecule has 1 unspecified atom stereocenters. The van der Waals surface area contributed by atoms with Gasteiger partial charge in [0.05, 0.1) is 23.6 Å². The lowest BCUT2D eigenvalue weighted by molar-refractivity contribution is -0.138. The number of aliphatic carboxylic acids is 1. The molecule has 0 spiro atoms. The Morgan fingerprint density at radius 1 is 1.24 bits per heavy atom. The van der Waals surface area contributed by atoms with Crippen molar-refractivity contribution in [1.29, 1.82) is 0 Å². The molecule has 214 valence electrons. The number of alkyl halides is 2. The number of guanidine groups is 1. The van der Waals surface area contributed by atoms with Crippen LogP contribution >= 0.6 is 0 Å². The molecule has 3 heterocycles. The van der Waals surface area contributed by atoms with Crippen molar-refractivity contribution in [3.8, 4) is 5.75 Å². The Kier molecular flexibility index (Phi) is 7.02. The normalized spacial score (nSPS) is 22.7. The molecule has 3 atom stereocenters. The summed E-state index contributed by atoms with van der Waals surface area (Å²) in [5.41, 5.74) is 2.79. The molecule has 9 nitrogen and oxygen atoms in total. The van der Waals surface area contributed by atoms with Gasteiger partial charge in [0.1, 0.15) is 17.4 Å². The Balaban J connectivity index is 1.31. The van der Waals surface area contributed by atoms with Crippen LogP contribution in [-0.4, -0.2) is 82.4 Å². The number of imidazole rings is 1. The van der Waals surface area contributed by atoms with Gasteiger partial charge in [0.25, 0.3) is 0 Å². The number of hydrogen-bond donors (Lipinski definition) is 1. The van der Waals surface area contributed by atoms with Gasteiger partial charge in [-0.05, 0) is 43.7 Å². The summed E-state index contributed by atoms with van der Waals surface area (Å²) in [4.78, 5) is 28.0.